The highest BCUT2D eigenvalue weighted by atomic mass is 79.9. The van der Waals surface area contributed by atoms with Gasteiger partial charge < -0.3 is 29.7 Å². The highest BCUT2D eigenvalue weighted by Crippen LogP contribution is 2.60. The number of unbranched alkanes of at least 4 members (excludes halogenated alkanes) is 2. The first kappa shape index (κ1) is 34.8. The Morgan fingerprint density at radius 3 is 2.62 bits per heavy atom. The molecule has 3 heterocycles. The van der Waals surface area contributed by atoms with Gasteiger partial charge in [0, 0.05) is 24.3 Å². The van der Waals surface area contributed by atoms with Crippen LogP contribution in [0, 0.1) is 11.8 Å². The van der Waals surface area contributed by atoms with Gasteiger partial charge in [-0.05, 0) is 31.7 Å². The van der Waals surface area contributed by atoms with Crippen LogP contribution in [0.1, 0.15) is 64.0 Å². The Balaban J connectivity index is 1.65. The number of esters is 1. The Labute approximate surface area is 274 Å². The van der Waals surface area contributed by atoms with Gasteiger partial charge in [-0.25, -0.2) is 0 Å². The van der Waals surface area contributed by atoms with Crippen LogP contribution in [-0.2, 0) is 28.7 Å². The first-order chi connectivity index (χ1) is 21.6. The molecule has 45 heavy (non-hydrogen) atoms. The second kappa shape index (κ2) is 15.5. The zero-order chi connectivity index (χ0) is 32.7. The summed E-state index contributed by atoms with van der Waals surface area (Å²) in [5.41, 5.74) is -0.580. The lowest BCUT2D eigenvalue weighted by Crippen LogP contribution is -2.58. The standard InChI is InChI=1S/C34H46BrN3O7/c1-5-8-13-18-37(17-7-3)32(42)30-34-19-24(35)29(45-34)27(28(34)31(41)38(30)22(4)21-39)33(43)44-25(23-14-11-10-12-15-23)20-36-26(40)16-9-6-2/h6-7,10-12,14-15,22,24-25,27-30,39H,2-3,5,8-9,13,16-21H2,1,4H3,(H,36,40)/t22-,24?,25+,27-,28+,29-,30-,34+/m1/s1. The van der Waals surface area contributed by atoms with Crippen LogP contribution in [-0.4, -0.2) is 93.5 Å². The van der Waals surface area contributed by atoms with Crippen molar-refractivity contribution in [3.05, 3.63) is 61.2 Å². The maximum Gasteiger partial charge on any atom is 0.313 e. The van der Waals surface area contributed by atoms with E-state index in [1.165, 1.54) is 4.90 Å². The molecule has 11 heteroatoms. The number of carbonyl (C=O) groups is 4. The molecule has 3 aliphatic rings. The summed E-state index contributed by atoms with van der Waals surface area (Å²) in [5.74, 6) is -3.46. The maximum absolute atomic E-state index is 14.3. The molecule has 0 aliphatic carbocycles. The molecule has 3 saturated heterocycles. The van der Waals surface area contributed by atoms with Crippen LogP contribution in [0.5, 0.6) is 0 Å². The molecule has 0 saturated carbocycles. The predicted octanol–water partition coefficient (Wildman–Crippen LogP) is 3.69. The second-order valence-corrected chi connectivity index (χ2v) is 13.4. The Morgan fingerprint density at radius 1 is 1.24 bits per heavy atom. The fourth-order valence-corrected chi connectivity index (χ4v) is 7.94. The molecule has 1 aromatic carbocycles. The SMILES string of the molecule is C=CCCC(=O)NC[C@H](OC(=O)[C@H]1[C@@H]2O[C@@]3(CC2Br)[C@@H]1C(=O)N([C@H](C)CO)[C@@H]3C(=O)N(CC=C)CCCCC)c1ccccc1. The van der Waals surface area contributed by atoms with Gasteiger partial charge in [-0.2, -0.15) is 0 Å². The van der Waals surface area contributed by atoms with Gasteiger partial charge in [-0.15, -0.1) is 13.2 Å². The summed E-state index contributed by atoms with van der Waals surface area (Å²) >= 11 is 3.69. The van der Waals surface area contributed by atoms with Crippen molar-refractivity contribution < 1.29 is 33.8 Å². The van der Waals surface area contributed by atoms with E-state index in [0.29, 0.717) is 31.5 Å². The molecular formula is C34H46BrN3O7. The third-order valence-electron chi connectivity index (χ3n) is 9.15. The Kier molecular flexibility index (Phi) is 12.0. The Hall–Kier alpha value is -3.02. The van der Waals surface area contributed by atoms with Crippen molar-refractivity contribution in [2.24, 2.45) is 11.8 Å². The van der Waals surface area contributed by atoms with E-state index in [-0.39, 0.29) is 36.2 Å². The molecule has 3 amide bonds. The van der Waals surface area contributed by atoms with Gasteiger partial charge in [0.15, 0.2) is 0 Å². The maximum atomic E-state index is 14.3. The van der Waals surface area contributed by atoms with Crippen LogP contribution in [0.15, 0.2) is 55.6 Å². The number of hydrogen-bond donors (Lipinski definition) is 2. The van der Waals surface area contributed by atoms with E-state index in [9.17, 15) is 24.3 Å². The van der Waals surface area contributed by atoms with Crippen LogP contribution in [0.25, 0.3) is 0 Å². The number of amides is 3. The Morgan fingerprint density at radius 2 is 1.98 bits per heavy atom. The number of fused-ring (bicyclic) bond motifs is 1. The minimum Gasteiger partial charge on any atom is -0.455 e. The van der Waals surface area contributed by atoms with Gasteiger partial charge >= 0.3 is 5.97 Å². The van der Waals surface area contributed by atoms with E-state index in [4.69, 9.17) is 9.47 Å². The normalized spacial score (nSPS) is 27.9. The molecule has 2 bridgehead atoms. The first-order valence-electron chi connectivity index (χ1n) is 15.9. The summed E-state index contributed by atoms with van der Waals surface area (Å²) in [5, 5.41) is 13.0. The average Bonchev–Trinajstić information content (AvgIpc) is 3.64. The van der Waals surface area contributed by atoms with Crippen molar-refractivity contribution in [1.29, 1.82) is 0 Å². The zero-order valence-corrected chi connectivity index (χ0v) is 27.8. The number of hydrogen-bond acceptors (Lipinski definition) is 7. The molecule has 10 nitrogen and oxygen atoms in total. The van der Waals surface area contributed by atoms with Gasteiger partial charge in [0.25, 0.3) is 0 Å². The van der Waals surface area contributed by atoms with Crippen molar-refractivity contribution in [2.75, 3.05) is 26.2 Å². The van der Waals surface area contributed by atoms with Crippen molar-refractivity contribution in [3.8, 4) is 0 Å². The largest absolute Gasteiger partial charge is 0.455 e. The number of halogens is 1. The van der Waals surface area contributed by atoms with E-state index < -0.39 is 53.6 Å². The van der Waals surface area contributed by atoms with E-state index in [2.05, 4.69) is 41.3 Å². The number of rotatable bonds is 17. The predicted molar refractivity (Wildman–Crippen MR) is 173 cm³/mol. The number of alkyl halides is 1. The van der Waals surface area contributed by atoms with E-state index in [0.717, 1.165) is 19.3 Å². The lowest BCUT2D eigenvalue weighted by atomic mass is 9.70. The number of nitrogens with zero attached hydrogens (tertiary/aromatic N) is 2. The minimum atomic E-state index is -1.27. The fraction of sp³-hybridized carbons (Fsp3) is 0.588. The molecular weight excluding hydrogens is 642 g/mol. The number of benzene rings is 1. The monoisotopic (exact) mass is 687 g/mol. The zero-order valence-electron chi connectivity index (χ0n) is 26.2. The minimum absolute atomic E-state index is 0.0501. The summed E-state index contributed by atoms with van der Waals surface area (Å²) in [6, 6.07) is 7.41. The molecule has 4 rings (SSSR count). The Bertz CT molecular complexity index is 1250. The van der Waals surface area contributed by atoms with Gasteiger partial charge in [0.05, 0.1) is 37.1 Å². The third kappa shape index (κ3) is 7.05. The first-order valence-corrected chi connectivity index (χ1v) is 16.8. The number of ether oxygens (including phenoxy) is 2. The fourth-order valence-electron chi connectivity index (χ4n) is 6.99. The summed E-state index contributed by atoms with van der Waals surface area (Å²) < 4.78 is 12.7. The molecule has 0 radical (unpaired) electrons. The van der Waals surface area contributed by atoms with Crippen molar-refractivity contribution in [1.82, 2.24) is 15.1 Å². The lowest BCUT2D eigenvalue weighted by Gasteiger charge is -2.38. The topological polar surface area (TPSA) is 125 Å². The number of carbonyl (C=O) groups excluding carboxylic acids is 4. The van der Waals surface area contributed by atoms with Gasteiger partial charge in [0.1, 0.15) is 17.7 Å². The number of aliphatic hydroxyl groups is 1. The van der Waals surface area contributed by atoms with Crippen molar-refractivity contribution in [2.45, 2.75) is 87.1 Å². The second-order valence-electron chi connectivity index (χ2n) is 12.2. The number of allylic oxidation sites excluding steroid dienone is 1. The molecule has 8 atom stereocenters. The van der Waals surface area contributed by atoms with Gasteiger partial charge in [0.2, 0.25) is 17.7 Å². The molecule has 1 aromatic rings. The molecule has 1 spiro atoms. The van der Waals surface area contributed by atoms with Crippen LogP contribution in [0.3, 0.4) is 0 Å². The number of aliphatic hydroxyl groups excluding tert-OH is 1. The quantitative estimate of drug-likeness (QED) is 0.111. The van der Waals surface area contributed by atoms with Crippen LogP contribution >= 0.6 is 15.9 Å². The molecule has 3 fully saturated rings. The molecule has 3 aliphatic heterocycles. The van der Waals surface area contributed by atoms with Gasteiger partial charge in [-0.3, -0.25) is 19.2 Å². The highest BCUT2D eigenvalue weighted by molar-refractivity contribution is 9.09. The summed E-state index contributed by atoms with van der Waals surface area (Å²) in [7, 11) is 0. The average molecular weight is 689 g/mol. The summed E-state index contributed by atoms with van der Waals surface area (Å²) in [6.07, 6.45) is 5.69. The third-order valence-corrected chi connectivity index (χ3v) is 10.00. The summed E-state index contributed by atoms with van der Waals surface area (Å²) in [6.45, 7) is 11.8. The molecule has 0 aromatic heterocycles. The van der Waals surface area contributed by atoms with Crippen LogP contribution < -0.4 is 5.32 Å². The molecule has 2 N–H and O–H groups in total. The van der Waals surface area contributed by atoms with E-state index in [1.807, 2.05) is 30.3 Å². The lowest BCUT2D eigenvalue weighted by molar-refractivity contribution is -0.161. The highest BCUT2D eigenvalue weighted by Gasteiger charge is 2.77. The van der Waals surface area contributed by atoms with E-state index >= 15 is 0 Å². The molecule has 246 valence electrons. The van der Waals surface area contributed by atoms with Crippen LogP contribution in [0.4, 0.5) is 0 Å². The summed E-state index contributed by atoms with van der Waals surface area (Å²) in [4.78, 5) is 58.0. The van der Waals surface area contributed by atoms with Crippen molar-refractivity contribution >= 4 is 39.6 Å². The van der Waals surface area contributed by atoms with Crippen LogP contribution in [0.2, 0.25) is 0 Å². The van der Waals surface area contributed by atoms with Crippen molar-refractivity contribution in [3.63, 3.8) is 0 Å². The number of nitrogens with one attached hydrogen (secondary N) is 1. The van der Waals surface area contributed by atoms with Gasteiger partial charge in [-0.1, -0.05) is 78.2 Å². The molecule has 1 unspecified atom stereocenters. The number of likely N-dealkylation sites (tertiary alicyclic amines) is 1. The smallest absolute Gasteiger partial charge is 0.313 e. The van der Waals surface area contributed by atoms with E-state index in [1.54, 1.807) is 24.0 Å².